The molecule has 1 atom stereocenters. The molecule has 0 saturated carbocycles. The largest absolute Gasteiger partial charge is 0.467 e. The summed E-state index contributed by atoms with van der Waals surface area (Å²) in [7, 11) is 0. The number of rotatable bonds is 5. The lowest BCUT2D eigenvalue weighted by Crippen LogP contribution is -2.46. The third kappa shape index (κ3) is 4.62. The summed E-state index contributed by atoms with van der Waals surface area (Å²) >= 11 is 0. The van der Waals surface area contributed by atoms with Crippen LogP contribution in [0.1, 0.15) is 28.4 Å². The number of hydrogen-bond donors (Lipinski definition) is 0. The van der Waals surface area contributed by atoms with Crippen molar-refractivity contribution < 1.29 is 13.9 Å². The normalized spacial score (nSPS) is 17.0. The smallest absolute Gasteiger partial charge is 0.225 e. The van der Waals surface area contributed by atoms with Gasteiger partial charge in [0.25, 0.3) is 0 Å². The summed E-state index contributed by atoms with van der Waals surface area (Å²) in [6.07, 6.45) is 3.37. The first-order valence-corrected chi connectivity index (χ1v) is 10.8. The Balaban J connectivity index is 1.26. The quantitative estimate of drug-likeness (QED) is 0.591. The number of fused-ring (bicyclic) bond motifs is 1. The Kier molecular flexibility index (Phi) is 6.11. The van der Waals surface area contributed by atoms with Crippen LogP contribution in [0.25, 0.3) is 0 Å². The topological polar surface area (TPSA) is 87.4 Å². The van der Waals surface area contributed by atoms with E-state index in [4.69, 9.17) is 9.47 Å². The van der Waals surface area contributed by atoms with Crippen LogP contribution < -0.4 is 9.64 Å². The van der Waals surface area contributed by atoms with Gasteiger partial charge >= 0.3 is 0 Å². The molecule has 1 saturated heterocycles. The van der Waals surface area contributed by atoms with Crippen LogP contribution in [-0.2, 0) is 17.9 Å². The zero-order valence-electron chi connectivity index (χ0n) is 18.0. The fourth-order valence-electron chi connectivity index (χ4n) is 4.23. The standard InChI is InChI=1S/C24H23FN6O2/c25-19-11-17(23-18(12-19)15-32-16-33-23)14-30-7-9-31(10-8-30)24-28-6-4-22(29-24)20(13-26)21-3-1-2-5-27-21/h1-6,11-12,20H,7-10,14-16H2. The van der Waals surface area contributed by atoms with Crippen LogP contribution >= 0.6 is 0 Å². The fourth-order valence-corrected chi connectivity index (χ4v) is 4.23. The van der Waals surface area contributed by atoms with Gasteiger partial charge in [0, 0.05) is 56.2 Å². The van der Waals surface area contributed by atoms with Crippen molar-refractivity contribution in [3.8, 4) is 11.8 Å². The van der Waals surface area contributed by atoms with E-state index in [1.807, 2.05) is 18.2 Å². The molecule has 1 unspecified atom stereocenters. The van der Waals surface area contributed by atoms with Gasteiger partial charge in [-0.2, -0.15) is 5.26 Å². The molecule has 33 heavy (non-hydrogen) atoms. The van der Waals surface area contributed by atoms with Gasteiger partial charge in [-0.1, -0.05) is 6.07 Å². The van der Waals surface area contributed by atoms with E-state index in [9.17, 15) is 9.65 Å². The molecule has 4 heterocycles. The molecule has 3 aromatic rings. The summed E-state index contributed by atoms with van der Waals surface area (Å²) in [4.78, 5) is 17.8. The van der Waals surface area contributed by atoms with Crippen LogP contribution in [0.2, 0.25) is 0 Å². The number of anilines is 1. The van der Waals surface area contributed by atoms with E-state index in [1.165, 1.54) is 6.07 Å². The minimum atomic E-state index is -0.544. The van der Waals surface area contributed by atoms with Crippen molar-refractivity contribution in [1.29, 1.82) is 5.26 Å². The van der Waals surface area contributed by atoms with Crippen molar-refractivity contribution in [2.24, 2.45) is 0 Å². The van der Waals surface area contributed by atoms with E-state index in [1.54, 1.807) is 24.5 Å². The number of nitrogens with zero attached hydrogens (tertiary/aromatic N) is 6. The van der Waals surface area contributed by atoms with Gasteiger partial charge < -0.3 is 14.4 Å². The van der Waals surface area contributed by atoms with Gasteiger partial charge in [-0.25, -0.2) is 14.4 Å². The molecular weight excluding hydrogens is 423 g/mol. The Morgan fingerprint density at radius 3 is 2.73 bits per heavy atom. The van der Waals surface area contributed by atoms with Crippen molar-refractivity contribution in [2.75, 3.05) is 37.9 Å². The Labute approximate surface area is 191 Å². The summed E-state index contributed by atoms with van der Waals surface area (Å²) in [5.74, 6) is 0.518. The Morgan fingerprint density at radius 1 is 1.06 bits per heavy atom. The first-order chi connectivity index (χ1) is 16.2. The van der Waals surface area contributed by atoms with Crippen LogP contribution in [0, 0.1) is 17.1 Å². The second-order valence-electron chi connectivity index (χ2n) is 8.03. The lowest BCUT2D eigenvalue weighted by Gasteiger charge is -2.35. The van der Waals surface area contributed by atoms with Crippen molar-refractivity contribution in [2.45, 2.75) is 19.1 Å². The van der Waals surface area contributed by atoms with E-state index in [0.717, 1.165) is 43.1 Å². The van der Waals surface area contributed by atoms with Gasteiger partial charge in [0.1, 0.15) is 17.5 Å². The number of aromatic nitrogens is 3. The molecule has 168 valence electrons. The molecule has 8 nitrogen and oxygen atoms in total. The van der Waals surface area contributed by atoms with Crippen LogP contribution in [0.5, 0.6) is 5.75 Å². The SMILES string of the molecule is N#CC(c1ccccn1)c1ccnc(N2CCN(Cc3cc(F)cc4c3OCOC4)CC2)n1. The van der Waals surface area contributed by atoms with Gasteiger partial charge in [0.05, 0.1) is 24.1 Å². The number of halogens is 1. The number of ether oxygens (including phenoxy) is 2. The van der Waals surface area contributed by atoms with Gasteiger partial charge in [0.15, 0.2) is 6.79 Å². The average molecular weight is 446 g/mol. The predicted octanol–water partition coefficient (Wildman–Crippen LogP) is 2.85. The lowest BCUT2D eigenvalue weighted by atomic mass is 10.0. The highest BCUT2D eigenvalue weighted by Gasteiger charge is 2.24. The van der Waals surface area contributed by atoms with Crippen molar-refractivity contribution in [3.05, 3.63) is 77.1 Å². The monoisotopic (exact) mass is 446 g/mol. The number of nitriles is 1. The second kappa shape index (κ2) is 9.48. The summed E-state index contributed by atoms with van der Waals surface area (Å²) in [5, 5.41) is 9.70. The van der Waals surface area contributed by atoms with Gasteiger partial charge in [0.2, 0.25) is 5.95 Å². The summed E-state index contributed by atoms with van der Waals surface area (Å²) < 4.78 is 25.0. The number of pyridine rings is 1. The maximum absolute atomic E-state index is 14.1. The van der Waals surface area contributed by atoms with Gasteiger partial charge in [-0.05, 0) is 30.3 Å². The zero-order valence-corrected chi connectivity index (χ0v) is 18.0. The van der Waals surface area contributed by atoms with Crippen molar-refractivity contribution in [1.82, 2.24) is 19.9 Å². The molecule has 0 N–H and O–H groups in total. The lowest BCUT2D eigenvalue weighted by molar-refractivity contribution is -0.0177. The average Bonchev–Trinajstić information content (AvgIpc) is 2.86. The zero-order chi connectivity index (χ0) is 22.6. The third-order valence-corrected chi connectivity index (χ3v) is 5.87. The van der Waals surface area contributed by atoms with Crippen molar-refractivity contribution >= 4 is 5.95 Å². The summed E-state index contributed by atoms with van der Waals surface area (Å²) in [5.41, 5.74) is 2.89. The molecule has 2 aliphatic rings. The van der Waals surface area contributed by atoms with E-state index < -0.39 is 5.92 Å². The molecule has 2 aromatic heterocycles. The van der Waals surface area contributed by atoms with Crippen LogP contribution in [-0.4, -0.2) is 52.8 Å². The molecular formula is C24H23FN6O2. The molecule has 9 heteroatoms. The number of hydrogen-bond acceptors (Lipinski definition) is 8. The van der Waals surface area contributed by atoms with E-state index in [0.29, 0.717) is 30.5 Å². The first-order valence-electron chi connectivity index (χ1n) is 10.8. The molecule has 0 spiro atoms. The minimum Gasteiger partial charge on any atom is -0.467 e. The second-order valence-corrected chi connectivity index (χ2v) is 8.03. The molecule has 0 aliphatic carbocycles. The highest BCUT2D eigenvalue weighted by molar-refractivity contribution is 5.43. The maximum atomic E-state index is 14.1. The number of piperazine rings is 1. The van der Waals surface area contributed by atoms with E-state index in [2.05, 4.69) is 30.8 Å². The molecule has 0 amide bonds. The fraction of sp³-hybridized carbons (Fsp3) is 0.333. The minimum absolute atomic E-state index is 0.190. The molecule has 0 radical (unpaired) electrons. The molecule has 1 fully saturated rings. The molecule has 5 rings (SSSR count). The summed E-state index contributed by atoms with van der Waals surface area (Å²) in [6.45, 7) is 4.16. The Morgan fingerprint density at radius 2 is 1.94 bits per heavy atom. The molecule has 1 aromatic carbocycles. The highest BCUT2D eigenvalue weighted by atomic mass is 19.1. The highest BCUT2D eigenvalue weighted by Crippen LogP contribution is 2.31. The molecule has 2 aliphatic heterocycles. The van der Waals surface area contributed by atoms with Gasteiger partial charge in [-0.3, -0.25) is 9.88 Å². The van der Waals surface area contributed by atoms with Crippen molar-refractivity contribution in [3.63, 3.8) is 0 Å². The summed E-state index contributed by atoms with van der Waals surface area (Å²) in [6, 6.07) is 12.6. The van der Waals surface area contributed by atoms with E-state index >= 15 is 0 Å². The maximum Gasteiger partial charge on any atom is 0.225 e. The first kappa shape index (κ1) is 21.2. The molecule has 0 bridgehead atoms. The van der Waals surface area contributed by atoms with Gasteiger partial charge in [-0.15, -0.1) is 0 Å². The van der Waals surface area contributed by atoms with E-state index in [-0.39, 0.29) is 12.6 Å². The Hall–Kier alpha value is -3.61. The number of benzene rings is 1. The predicted molar refractivity (Wildman–Crippen MR) is 118 cm³/mol. The van der Waals surface area contributed by atoms with Crippen LogP contribution in [0.3, 0.4) is 0 Å². The third-order valence-electron chi connectivity index (χ3n) is 5.87. The van der Waals surface area contributed by atoms with Crippen LogP contribution in [0.15, 0.2) is 48.8 Å². The van der Waals surface area contributed by atoms with Crippen LogP contribution in [0.4, 0.5) is 10.3 Å². The Bertz CT molecular complexity index is 1160.